The minimum atomic E-state index is -0.164. The monoisotopic (exact) mass is 392 g/mol. The van der Waals surface area contributed by atoms with Crippen LogP contribution in [0.3, 0.4) is 0 Å². The van der Waals surface area contributed by atoms with Crippen LogP contribution >= 0.6 is 11.6 Å². The lowest BCUT2D eigenvalue weighted by atomic mass is 10.1. The summed E-state index contributed by atoms with van der Waals surface area (Å²) in [4.78, 5) is 16.4. The van der Waals surface area contributed by atoms with Gasteiger partial charge in [-0.3, -0.25) is 9.78 Å². The number of aromatic nitrogens is 1. The van der Waals surface area contributed by atoms with E-state index in [2.05, 4.69) is 10.3 Å². The average Bonchev–Trinajstić information content (AvgIpc) is 2.72. The van der Waals surface area contributed by atoms with Gasteiger partial charge in [-0.25, -0.2) is 0 Å². The van der Waals surface area contributed by atoms with Crippen LogP contribution in [-0.2, 0) is 11.4 Å². The summed E-state index contributed by atoms with van der Waals surface area (Å²) in [7, 11) is 0. The molecule has 0 radical (unpaired) electrons. The van der Waals surface area contributed by atoms with Crippen molar-refractivity contribution in [2.45, 2.75) is 19.6 Å². The Hall–Kier alpha value is -3.11. The molecule has 1 heterocycles. The molecule has 1 unspecified atom stereocenters. The van der Waals surface area contributed by atoms with Gasteiger partial charge in [0.1, 0.15) is 12.4 Å². The number of benzene rings is 2. The summed E-state index contributed by atoms with van der Waals surface area (Å²) in [5, 5.41) is 3.58. The molecule has 0 saturated heterocycles. The van der Waals surface area contributed by atoms with Gasteiger partial charge in [-0.2, -0.15) is 0 Å². The molecule has 142 valence electrons. The van der Waals surface area contributed by atoms with E-state index in [0.717, 1.165) is 22.6 Å². The number of halogens is 1. The fraction of sp³-hybridized carbons (Fsp3) is 0.130. The van der Waals surface area contributed by atoms with Crippen molar-refractivity contribution in [1.82, 2.24) is 10.3 Å². The van der Waals surface area contributed by atoms with Crippen molar-refractivity contribution in [3.63, 3.8) is 0 Å². The first-order valence-electron chi connectivity index (χ1n) is 8.97. The highest BCUT2D eigenvalue weighted by atomic mass is 35.5. The highest BCUT2D eigenvalue weighted by Crippen LogP contribution is 2.18. The van der Waals surface area contributed by atoms with Gasteiger partial charge >= 0.3 is 0 Å². The molecule has 0 saturated carbocycles. The Bertz CT molecular complexity index is 940. The van der Waals surface area contributed by atoms with Gasteiger partial charge in [0.25, 0.3) is 0 Å². The van der Waals surface area contributed by atoms with Gasteiger partial charge in [0.15, 0.2) is 0 Å². The quantitative estimate of drug-likeness (QED) is 0.562. The molecule has 1 atom stereocenters. The summed E-state index contributed by atoms with van der Waals surface area (Å²) in [6.45, 7) is 2.34. The zero-order chi connectivity index (χ0) is 19.8. The molecule has 4 nitrogen and oxygen atoms in total. The number of nitrogens with one attached hydrogen (secondary N) is 1. The summed E-state index contributed by atoms with van der Waals surface area (Å²) in [6.07, 6.45) is 5.03. The van der Waals surface area contributed by atoms with Gasteiger partial charge in [0.05, 0.1) is 11.7 Å². The molecule has 0 fully saturated rings. The van der Waals surface area contributed by atoms with Gasteiger partial charge in [-0.1, -0.05) is 41.9 Å². The predicted octanol–water partition coefficient (Wildman–Crippen LogP) is 5.20. The summed E-state index contributed by atoms with van der Waals surface area (Å²) >= 11 is 6.00. The molecule has 0 aliphatic rings. The maximum atomic E-state index is 12.1. The number of carbonyl (C=O) groups is 1. The Morgan fingerprint density at radius 3 is 2.68 bits per heavy atom. The Balaban J connectivity index is 1.51. The number of nitrogens with zero attached hydrogens (tertiary/aromatic N) is 1. The number of amides is 1. The molecule has 28 heavy (non-hydrogen) atoms. The summed E-state index contributed by atoms with van der Waals surface area (Å²) < 4.78 is 5.71. The molecular weight excluding hydrogens is 372 g/mol. The first-order valence-corrected chi connectivity index (χ1v) is 9.35. The predicted molar refractivity (Wildman–Crippen MR) is 112 cm³/mol. The van der Waals surface area contributed by atoms with Crippen LogP contribution in [0.15, 0.2) is 79.0 Å². The maximum absolute atomic E-state index is 12.1. The molecule has 0 aliphatic carbocycles. The van der Waals surface area contributed by atoms with E-state index in [0.29, 0.717) is 11.6 Å². The lowest BCUT2D eigenvalue weighted by Crippen LogP contribution is -2.24. The molecule has 3 aromatic rings. The van der Waals surface area contributed by atoms with Crippen molar-refractivity contribution in [2.75, 3.05) is 0 Å². The number of carbonyl (C=O) groups excluding carboxylic acids is 1. The van der Waals surface area contributed by atoms with E-state index < -0.39 is 0 Å². The smallest absolute Gasteiger partial charge is 0.244 e. The van der Waals surface area contributed by atoms with Gasteiger partial charge in [0, 0.05) is 17.3 Å². The Morgan fingerprint density at radius 1 is 1.14 bits per heavy atom. The van der Waals surface area contributed by atoms with E-state index in [9.17, 15) is 4.79 Å². The van der Waals surface area contributed by atoms with Crippen LogP contribution in [-0.4, -0.2) is 10.9 Å². The zero-order valence-electron chi connectivity index (χ0n) is 15.5. The number of hydrogen-bond acceptors (Lipinski definition) is 3. The molecule has 0 bridgehead atoms. The summed E-state index contributed by atoms with van der Waals surface area (Å²) in [6, 6.07) is 20.6. The largest absolute Gasteiger partial charge is 0.487 e. The first kappa shape index (κ1) is 19.6. The zero-order valence-corrected chi connectivity index (χ0v) is 16.3. The third-order valence-electron chi connectivity index (χ3n) is 4.13. The fourth-order valence-electron chi connectivity index (χ4n) is 2.61. The molecule has 0 aliphatic heterocycles. The van der Waals surface area contributed by atoms with E-state index in [1.54, 1.807) is 12.3 Å². The first-order chi connectivity index (χ1) is 13.6. The van der Waals surface area contributed by atoms with Crippen LogP contribution in [0.25, 0.3) is 6.08 Å². The molecule has 1 N–H and O–H groups in total. The molecule has 0 spiro atoms. The standard InChI is InChI=1S/C23H21ClN2O2/c1-17(19-5-4-6-20(24)15-19)26-23(27)13-10-18-8-11-22(12-9-18)28-16-21-7-2-3-14-25-21/h2-15,17H,16H2,1H3,(H,26,27)/b13-10+. The molecule has 2 aromatic carbocycles. The normalized spacial score (nSPS) is 11.9. The van der Waals surface area contributed by atoms with Crippen molar-refractivity contribution in [3.05, 3.63) is 101 Å². The highest BCUT2D eigenvalue weighted by molar-refractivity contribution is 6.30. The third-order valence-corrected chi connectivity index (χ3v) is 4.36. The van der Waals surface area contributed by atoms with Crippen molar-refractivity contribution >= 4 is 23.6 Å². The van der Waals surface area contributed by atoms with E-state index >= 15 is 0 Å². The topological polar surface area (TPSA) is 51.2 Å². The number of ether oxygens (including phenoxy) is 1. The van der Waals surface area contributed by atoms with Crippen molar-refractivity contribution in [1.29, 1.82) is 0 Å². The minimum Gasteiger partial charge on any atom is -0.487 e. The fourth-order valence-corrected chi connectivity index (χ4v) is 2.81. The van der Waals surface area contributed by atoms with E-state index in [1.165, 1.54) is 6.08 Å². The Labute approximate surface area is 169 Å². The number of hydrogen-bond donors (Lipinski definition) is 1. The summed E-state index contributed by atoms with van der Waals surface area (Å²) in [5.41, 5.74) is 2.75. The SMILES string of the molecule is CC(NC(=O)/C=C/c1ccc(OCc2ccccn2)cc1)c1cccc(Cl)c1. The molecule has 5 heteroatoms. The molecular formula is C23H21ClN2O2. The molecule has 1 amide bonds. The van der Waals surface area contributed by atoms with Gasteiger partial charge < -0.3 is 10.1 Å². The molecule has 1 aromatic heterocycles. The van der Waals surface area contributed by atoms with Crippen LogP contribution in [0.2, 0.25) is 5.02 Å². The van der Waals surface area contributed by atoms with Gasteiger partial charge in [-0.05, 0) is 60.5 Å². The average molecular weight is 393 g/mol. The molecule has 3 rings (SSSR count). The second kappa shape index (κ2) is 9.72. The van der Waals surface area contributed by atoms with E-state index in [-0.39, 0.29) is 11.9 Å². The van der Waals surface area contributed by atoms with Crippen LogP contribution in [0.5, 0.6) is 5.75 Å². The third kappa shape index (κ3) is 5.96. The Kier molecular flexibility index (Phi) is 6.82. The van der Waals surface area contributed by atoms with Gasteiger partial charge in [-0.15, -0.1) is 0 Å². The lowest BCUT2D eigenvalue weighted by Gasteiger charge is -2.13. The lowest BCUT2D eigenvalue weighted by molar-refractivity contribution is -0.117. The Morgan fingerprint density at radius 2 is 1.96 bits per heavy atom. The van der Waals surface area contributed by atoms with Crippen LogP contribution < -0.4 is 10.1 Å². The van der Waals surface area contributed by atoms with Crippen molar-refractivity contribution in [2.24, 2.45) is 0 Å². The van der Waals surface area contributed by atoms with Crippen LogP contribution in [0, 0.1) is 0 Å². The van der Waals surface area contributed by atoms with Crippen LogP contribution in [0.4, 0.5) is 0 Å². The van der Waals surface area contributed by atoms with Crippen molar-refractivity contribution < 1.29 is 9.53 Å². The maximum Gasteiger partial charge on any atom is 0.244 e. The number of pyridine rings is 1. The van der Waals surface area contributed by atoms with E-state index in [4.69, 9.17) is 16.3 Å². The van der Waals surface area contributed by atoms with E-state index in [1.807, 2.05) is 73.7 Å². The minimum absolute atomic E-state index is 0.127. The van der Waals surface area contributed by atoms with Crippen LogP contribution in [0.1, 0.15) is 29.8 Å². The highest BCUT2D eigenvalue weighted by Gasteiger charge is 2.07. The second-order valence-electron chi connectivity index (χ2n) is 6.30. The second-order valence-corrected chi connectivity index (χ2v) is 6.73. The summed E-state index contributed by atoms with van der Waals surface area (Å²) in [5.74, 6) is 0.588. The van der Waals surface area contributed by atoms with Crippen molar-refractivity contribution in [3.8, 4) is 5.75 Å². The number of rotatable bonds is 7. The van der Waals surface area contributed by atoms with Gasteiger partial charge in [0.2, 0.25) is 5.91 Å².